The second-order valence-electron chi connectivity index (χ2n) is 7.46. The number of carbonyl (C=O) groups is 1. The van der Waals surface area contributed by atoms with Crippen LogP contribution in [-0.2, 0) is 11.3 Å². The van der Waals surface area contributed by atoms with Gasteiger partial charge in [-0.1, -0.05) is 72.8 Å². The van der Waals surface area contributed by atoms with Crippen molar-refractivity contribution in [2.45, 2.75) is 6.61 Å². The van der Waals surface area contributed by atoms with Gasteiger partial charge in [0.1, 0.15) is 41.2 Å². The Morgan fingerprint density at radius 1 is 0.722 bits per heavy atom. The van der Waals surface area contributed by atoms with Gasteiger partial charge in [0.05, 0.1) is 0 Å². The third-order valence-electron chi connectivity index (χ3n) is 5.24. The molecule has 0 aliphatic rings. The van der Waals surface area contributed by atoms with Crippen molar-refractivity contribution < 1.29 is 27.4 Å². The summed E-state index contributed by atoms with van der Waals surface area (Å²) in [5, 5.41) is 18.3. The van der Waals surface area contributed by atoms with E-state index in [-0.39, 0.29) is 23.5 Å². The molecule has 4 aromatic carbocycles. The number of hydrogen-bond donors (Lipinski definition) is 0. The van der Waals surface area contributed by atoms with Gasteiger partial charge in [0.2, 0.25) is 11.6 Å². The van der Waals surface area contributed by atoms with Crippen LogP contribution < -0.4 is 4.74 Å². The Hall–Kier alpha value is -5.08. The Morgan fingerprint density at radius 3 is 1.97 bits per heavy atom. The predicted molar refractivity (Wildman–Crippen MR) is 123 cm³/mol. The molecular weight excluding hydrogens is 469 g/mol. The van der Waals surface area contributed by atoms with Gasteiger partial charge in [-0.15, -0.1) is 0 Å². The van der Waals surface area contributed by atoms with Crippen LogP contribution in [0.3, 0.4) is 0 Å². The first-order chi connectivity index (χ1) is 17.5. The summed E-state index contributed by atoms with van der Waals surface area (Å²) in [4.78, 5) is 13.0. The molecule has 0 heterocycles. The molecule has 4 rings (SSSR count). The van der Waals surface area contributed by atoms with E-state index in [1.807, 2.05) is 0 Å². The van der Waals surface area contributed by atoms with Gasteiger partial charge in [-0.3, -0.25) is 0 Å². The van der Waals surface area contributed by atoms with Crippen LogP contribution in [0.5, 0.6) is 11.5 Å². The second-order valence-corrected chi connectivity index (χ2v) is 7.46. The average Bonchev–Trinajstić information content (AvgIpc) is 2.92. The normalized spacial score (nSPS) is 10.2. The maximum absolute atomic E-state index is 15.1. The van der Waals surface area contributed by atoms with Gasteiger partial charge >= 0.3 is 5.97 Å². The number of nitrogens with zero attached hydrogens (tertiary/aromatic N) is 2. The Labute approximate surface area is 204 Å². The minimum Gasteiger partial charge on any atom is -0.457 e. The zero-order valence-corrected chi connectivity index (χ0v) is 18.5. The minimum atomic E-state index is -1.81. The number of para-hydroxylation sites is 1. The highest BCUT2D eigenvalue weighted by molar-refractivity contribution is 5.96. The van der Waals surface area contributed by atoms with Gasteiger partial charge in [-0.2, -0.15) is 14.9 Å². The van der Waals surface area contributed by atoms with Crippen LogP contribution in [0.1, 0.15) is 27.0 Å². The molecule has 5 nitrogen and oxygen atoms in total. The zero-order valence-electron chi connectivity index (χ0n) is 18.5. The summed E-state index contributed by atoms with van der Waals surface area (Å²) in [7, 11) is 0. The fraction of sp³-hybridized carbons (Fsp3) is 0.0357. The summed E-state index contributed by atoms with van der Waals surface area (Å²) in [6.45, 7) is -0.0819. The molecule has 0 N–H and O–H groups in total. The molecule has 0 aliphatic heterocycles. The highest BCUT2D eigenvalue weighted by atomic mass is 19.2. The van der Waals surface area contributed by atoms with Crippen LogP contribution in [0.15, 0.2) is 78.9 Å². The maximum atomic E-state index is 15.1. The molecule has 0 unspecified atom stereocenters. The summed E-state index contributed by atoms with van der Waals surface area (Å²) in [5.74, 6) is -7.55. The van der Waals surface area contributed by atoms with E-state index in [0.29, 0.717) is 11.1 Å². The molecule has 0 amide bonds. The van der Waals surface area contributed by atoms with Gasteiger partial charge in [0, 0.05) is 5.56 Å². The van der Waals surface area contributed by atoms with Crippen molar-refractivity contribution >= 4 is 5.97 Å². The Bertz CT molecular complexity index is 1530. The zero-order chi connectivity index (χ0) is 25.7. The fourth-order valence-electron chi connectivity index (χ4n) is 3.49. The molecule has 0 saturated carbocycles. The highest BCUT2D eigenvalue weighted by Gasteiger charge is 2.29. The third-order valence-corrected chi connectivity index (χ3v) is 5.24. The lowest BCUT2D eigenvalue weighted by Gasteiger charge is -2.17. The number of ether oxygens (including phenoxy) is 2. The number of hydrogen-bond acceptors (Lipinski definition) is 5. The minimum absolute atomic E-state index is 0.0819. The van der Waals surface area contributed by atoms with Crippen molar-refractivity contribution in [2.75, 3.05) is 0 Å². The molecule has 176 valence electrons. The average molecular weight is 484 g/mol. The van der Waals surface area contributed by atoms with E-state index in [4.69, 9.17) is 14.7 Å². The van der Waals surface area contributed by atoms with Crippen LogP contribution in [-0.4, -0.2) is 5.97 Å². The van der Waals surface area contributed by atoms with Gasteiger partial charge in [-0.25, -0.2) is 13.6 Å². The molecule has 0 aromatic heterocycles. The molecule has 0 radical (unpaired) electrons. The molecule has 0 spiro atoms. The van der Waals surface area contributed by atoms with E-state index in [0.717, 1.165) is 0 Å². The van der Waals surface area contributed by atoms with Gasteiger partial charge in [0.15, 0.2) is 11.6 Å². The molecule has 0 bridgehead atoms. The lowest BCUT2D eigenvalue weighted by molar-refractivity contribution is 0.0469. The molecule has 8 heteroatoms. The van der Waals surface area contributed by atoms with Crippen LogP contribution in [0.2, 0.25) is 0 Å². The predicted octanol–water partition coefficient (Wildman–Crippen LogP) is 6.66. The number of benzene rings is 4. The molecule has 0 atom stereocenters. The second kappa shape index (κ2) is 10.5. The Balaban J connectivity index is 1.85. The lowest BCUT2D eigenvalue weighted by atomic mass is 10.0. The maximum Gasteiger partial charge on any atom is 0.342 e. The van der Waals surface area contributed by atoms with Crippen LogP contribution >= 0.6 is 0 Å². The van der Waals surface area contributed by atoms with Gasteiger partial charge in [-0.05, 0) is 17.2 Å². The van der Waals surface area contributed by atoms with Gasteiger partial charge in [0.25, 0.3) is 0 Å². The summed E-state index contributed by atoms with van der Waals surface area (Å²) in [6, 6.07) is 24.4. The SMILES string of the molecule is N#Cc1c(F)c(F)c(Oc2c(C(=O)OCc3ccccc3)cccc2-c2ccccc2)c(F)c1C#N. The van der Waals surface area contributed by atoms with E-state index in [1.165, 1.54) is 24.3 Å². The van der Waals surface area contributed by atoms with Crippen molar-refractivity contribution in [3.8, 4) is 34.8 Å². The monoisotopic (exact) mass is 484 g/mol. The van der Waals surface area contributed by atoms with E-state index in [2.05, 4.69) is 0 Å². The molecule has 36 heavy (non-hydrogen) atoms. The van der Waals surface area contributed by atoms with Crippen molar-refractivity contribution in [1.29, 1.82) is 10.5 Å². The Kier molecular flexibility index (Phi) is 6.99. The fourth-order valence-corrected chi connectivity index (χ4v) is 3.49. The first-order valence-corrected chi connectivity index (χ1v) is 10.5. The van der Waals surface area contributed by atoms with Crippen molar-refractivity contribution in [1.82, 2.24) is 0 Å². The number of nitriles is 2. The lowest BCUT2D eigenvalue weighted by Crippen LogP contribution is -2.10. The summed E-state index contributed by atoms with van der Waals surface area (Å²) >= 11 is 0. The summed E-state index contributed by atoms with van der Waals surface area (Å²) in [5.41, 5.74) is -0.797. The topological polar surface area (TPSA) is 83.1 Å². The number of halogens is 3. The third kappa shape index (κ3) is 4.61. The van der Waals surface area contributed by atoms with Crippen molar-refractivity contribution in [3.63, 3.8) is 0 Å². The molecule has 0 aliphatic carbocycles. The summed E-state index contributed by atoms with van der Waals surface area (Å²) < 4.78 is 55.3. The van der Waals surface area contributed by atoms with E-state index in [1.54, 1.807) is 66.7 Å². The first kappa shape index (κ1) is 24.1. The van der Waals surface area contributed by atoms with Crippen LogP contribution in [0.4, 0.5) is 13.2 Å². The summed E-state index contributed by atoms with van der Waals surface area (Å²) in [6.07, 6.45) is 0. The molecule has 4 aromatic rings. The van der Waals surface area contributed by atoms with Crippen molar-refractivity contribution in [3.05, 3.63) is 119 Å². The standard InChI is InChI=1S/C28H15F3N2O3/c29-23-21(14-32)22(15-33)24(30)27(25(23)31)36-26-19(18-10-5-2-6-11-18)12-7-13-20(26)28(34)35-16-17-8-3-1-4-9-17/h1-13H,16H2. The smallest absolute Gasteiger partial charge is 0.342 e. The molecular formula is C28H15F3N2O3. The number of rotatable bonds is 6. The van der Waals surface area contributed by atoms with E-state index >= 15 is 4.39 Å². The molecule has 0 saturated heterocycles. The van der Waals surface area contributed by atoms with E-state index in [9.17, 15) is 18.8 Å². The number of esters is 1. The first-order valence-electron chi connectivity index (χ1n) is 10.5. The molecule has 0 fully saturated rings. The Morgan fingerprint density at radius 2 is 1.33 bits per heavy atom. The van der Waals surface area contributed by atoms with Crippen LogP contribution in [0.25, 0.3) is 11.1 Å². The van der Waals surface area contributed by atoms with Crippen LogP contribution in [0, 0.1) is 40.1 Å². The van der Waals surface area contributed by atoms with Gasteiger partial charge < -0.3 is 9.47 Å². The highest BCUT2D eigenvalue weighted by Crippen LogP contribution is 2.40. The largest absolute Gasteiger partial charge is 0.457 e. The van der Waals surface area contributed by atoms with Crippen molar-refractivity contribution in [2.24, 2.45) is 0 Å². The quantitative estimate of drug-likeness (QED) is 0.226. The van der Waals surface area contributed by atoms with E-state index < -0.39 is 40.3 Å². The number of carbonyl (C=O) groups excluding carboxylic acids is 1.